The average Bonchev–Trinajstić information content (AvgIpc) is 3.09. The van der Waals surface area contributed by atoms with Crippen molar-refractivity contribution in [1.82, 2.24) is 9.88 Å². The van der Waals surface area contributed by atoms with Gasteiger partial charge in [0.2, 0.25) is 0 Å². The van der Waals surface area contributed by atoms with E-state index in [2.05, 4.69) is 10.3 Å². The lowest BCUT2D eigenvalue weighted by molar-refractivity contribution is 0.0678. The second-order valence-electron chi connectivity index (χ2n) is 5.87. The molecule has 1 aromatic heterocycles. The highest BCUT2D eigenvalue weighted by molar-refractivity contribution is 6.29. The zero-order chi connectivity index (χ0) is 16.9. The maximum atomic E-state index is 12.8. The summed E-state index contributed by atoms with van der Waals surface area (Å²) in [5, 5.41) is 13.2. The summed E-state index contributed by atoms with van der Waals surface area (Å²) in [6.45, 7) is 1.26. The smallest absolute Gasteiger partial charge is 0.256 e. The molecule has 1 amide bonds. The van der Waals surface area contributed by atoms with E-state index in [0.29, 0.717) is 23.8 Å². The van der Waals surface area contributed by atoms with Crippen LogP contribution >= 0.6 is 11.6 Å². The summed E-state index contributed by atoms with van der Waals surface area (Å²) in [5.74, 6) is -0.0381. The van der Waals surface area contributed by atoms with Gasteiger partial charge >= 0.3 is 0 Å². The van der Waals surface area contributed by atoms with Crippen molar-refractivity contribution in [3.05, 3.63) is 58.9 Å². The lowest BCUT2D eigenvalue weighted by atomic mass is 10.1. The summed E-state index contributed by atoms with van der Waals surface area (Å²) in [5.41, 5.74) is 2.39. The summed E-state index contributed by atoms with van der Waals surface area (Å²) < 4.78 is 0. The fourth-order valence-corrected chi connectivity index (χ4v) is 3.09. The number of benzene rings is 1. The Kier molecular flexibility index (Phi) is 5.33. The van der Waals surface area contributed by atoms with Crippen molar-refractivity contribution in [1.29, 1.82) is 0 Å². The van der Waals surface area contributed by atoms with Crippen molar-refractivity contribution in [2.45, 2.75) is 25.4 Å². The molecule has 1 fully saturated rings. The van der Waals surface area contributed by atoms with Crippen LogP contribution in [0.5, 0.6) is 0 Å². The third-order valence-corrected chi connectivity index (χ3v) is 4.50. The number of likely N-dealkylation sites (tertiary alicyclic amines) is 1. The Morgan fingerprint density at radius 3 is 2.92 bits per heavy atom. The van der Waals surface area contributed by atoms with E-state index in [9.17, 15) is 9.90 Å². The number of nitrogens with zero attached hydrogens (tertiary/aromatic N) is 2. The minimum absolute atomic E-state index is 0.0117. The number of aliphatic hydroxyl groups is 1. The molecule has 2 aromatic rings. The molecule has 1 saturated heterocycles. The first kappa shape index (κ1) is 16.7. The summed E-state index contributed by atoms with van der Waals surface area (Å²) in [6, 6.07) is 11.0. The number of aliphatic hydroxyl groups excluding tert-OH is 1. The predicted octanol–water partition coefficient (Wildman–Crippen LogP) is 2.94. The summed E-state index contributed by atoms with van der Waals surface area (Å²) >= 11 is 5.79. The van der Waals surface area contributed by atoms with Gasteiger partial charge in [0.15, 0.2) is 0 Å². The summed E-state index contributed by atoms with van der Waals surface area (Å²) in [4.78, 5) is 18.7. The molecule has 6 heteroatoms. The number of hydrogen-bond acceptors (Lipinski definition) is 4. The molecule has 0 saturated carbocycles. The zero-order valence-corrected chi connectivity index (χ0v) is 14.0. The van der Waals surface area contributed by atoms with Gasteiger partial charge in [-0.25, -0.2) is 4.98 Å². The predicted molar refractivity (Wildman–Crippen MR) is 94.2 cm³/mol. The molecule has 5 nitrogen and oxygen atoms in total. The first-order valence-electron chi connectivity index (χ1n) is 8.04. The number of anilines is 1. The molecule has 126 valence electrons. The van der Waals surface area contributed by atoms with E-state index in [-0.39, 0.29) is 18.6 Å². The second kappa shape index (κ2) is 7.64. The Bertz CT molecular complexity index is 706. The van der Waals surface area contributed by atoms with Gasteiger partial charge in [0.05, 0.1) is 18.2 Å². The molecule has 1 aliphatic rings. The minimum atomic E-state index is -0.0778. The van der Waals surface area contributed by atoms with Crippen molar-refractivity contribution >= 4 is 23.2 Å². The highest BCUT2D eigenvalue weighted by Gasteiger charge is 2.29. The molecule has 0 unspecified atom stereocenters. The van der Waals surface area contributed by atoms with Crippen LogP contribution in [0.1, 0.15) is 28.8 Å². The number of nitrogens with one attached hydrogen (secondary N) is 1. The molecule has 1 aromatic carbocycles. The van der Waals surface area contributed by atoms with Crippen molar-refractivity contribution in [2.75, 3.05) is 18.5 Å². The number of rotatable bonds is 5. The summed E-state index contributed by atoms with van der Waals surface area (Å²) in [7, 11) is 0. The molecule has 0 spiro atoms. The van der Waals surface area contributed by atoms with Crippen LogP contribution in [0.2, 0.25) is 5.15 Å². The van der Waals surface area contributed by atoms with Gasteiger partial charge < -0.3 is 15.3 Å². The van der Waals surface area contributed by atoms with Gasteiger partial charge in [0.25, 0.3) is 5.91 Å². The van der Waals surface area contributed by atoms with Gasteiger partial charge in [-0.3, -0.25) is 4.79 Å². The van der Waals surface area contributed by atoms with E-state index in [0.717, 1.165) is 24.1 Å². The quantitative estimate of drug-likeness (QED) is 0.818. The average molecular weight is 346 g/mol. The van der Waals surface area contributed by atoms with Crippen molar-refractivity contribution < 1.29 is 9.90 Å². The van der Waals surface area contributed by atoms with Crippen LogP contribution in [0, 0.1) is 0 Å². The molecule has 1 aliphatic heterocycles. The molecule has 2 heterocycles. The number of aromatic nitrogens is 1. The first-order chi connectivity index (χ1) is 11.7. The van der Waals surface area contributed by atoms with Gasteiger partial charge in [-0.05, 0) is 36.6 Å². The van der Waals surface area contributed by atoms with Gasteiger partial charge in [-0.15, -0.1) is 0 Å². The molecule has 0 aliphatic carbocycles. The van der Waals surface area contributed by atoms with Gasteiger partial charge in [0.1, 0.15) is 5.15 Å². The van der Waals surface area contributed by atoms with Crippen LogP contribution in [0.15, 0.2) is 42.6 Å². The fraction of sp³-hybridized carbons (Fsp3) is 0.333. The lowest BCUT2D eigenvalue weighted by Crippen LogP contribution is -2.37. The van der Waals surface area contributed by atoms with E-state index < -0.39 is 0 Å². The highest BCUT2D eigenvalue weighted by atomic mass is 35.5. The Balaban J connectivity index is 1.75. The third-order valence-electron chi connectivity index (χ3n) is 4.28. The lowest BCUT2D eigenvalue weighted by Gasteiger charge is -2.24. The standard InChI is InChI=1S/C18H20ClN3O2/c19-17-8-7-13(11-21-17)10-20-16-6-2-1-5-15(16)18(24)22-9-3-4-14(22)12-23/h1-2,5-8,11,14,20,23H,3-4,9-10,12H2/t14-/m1/s1. The molecule has 1 atom stereocenters. The van der Waals surface area contributed by atoms with Crippen molar-refractivity contribution in [3.63, 3.8) is 0 Å². The van der Waals surface area contributed by atoms with E-state index in [4.69, 9.17) is 11.6 Å². The number of halogens is 1. The van der Waals surface area contributed by atoms with Crippen LogP contribution in [-0.4, -0.2) is 40.1 Å². The molecule has 0 radical (unpaired) electrons. The van der Waals surface area contributed by atoms with Crippen molar-refractivity contribution in [2.24, 2.45) is 0 Å². The van der Waals surface area contributed by atoms with Gasteiger partial charge in [-0.2, -0.15) is 0 Å². The Morgan fingerprint density at radius 2 is 2.17 bits per heavy atom. The van der Waals surface area contributed by atoms with Crippen LogP contribution in [0.25, 0.3) is 0 Å². The normalized spacial score (nSPS) is 17.1. The van der Waals surface area contributed by atoms with Crippen LogP contribution in [-0.2, 0) is 6.54 Å². The Hall–Kier alpha value is -2.11. The molecule has 2 N–H and O–H groups in total. The summed E-state index contributed by atoms with van der Waals surface area (Å²) in [6.07, 6.45) is 3.50. The number of carbonyl (C=O) groups is 1. The molecule has 3 rings (SSSR count). The maximum absolute atomic E-state index is 12.8. The topological polar surface area (TPSA) is 65.5 Å². The number of pyridine rings is 1. The van der Waals surface area contributed by atoms with Crippen LogP contribution in [0.3, 0.4) is 0 Å². The number of carbonyl (C=O) groups excluding carboxylic acids is 1. The van der Waals surface area contributed by atoms with Crippen LogP contribution < -0.4 is 5.32 Å². The van der Waals surface area contributed by atoms with Crippen molar-refractivity contribution in [3.8, 4) is 0 Å². The van der Waals surface area contributed by atoms with E-state index in [1.165, 1.54) is 0 Å². The largest absolute Gasteiger partial charge is 0.394 e. The highest BCUT2D eigenvalue weighted by Crippen LogP contribution is 2.24. The third kappa shape index (κ3) is 3.68. The number of para-hydroxylation sites is 1. The Labute approximate surface area is 146 Å². The van der Waals surface area contributed by atoms with E-state index in [1.807, 2.05) is 30.3 Å². The molecule has 24 heavy (non-hydrogen) atoms. The molecular formula is C18H20ClN3O2. The number of hydrogen-bond donors (Lipinski definition) is 2. The molecule has 0 bridgehead atoms. The van der Waals surface area contributed by atoms with Crippen LogP contribution in [0.4, 0.5) is 5.69 Å². The van der Waals surface area contributed by atoms with E-state index in [1.54, 1.807) is 17.2 Å². The zero-order valence-electron chi connectivity index (χ0n) is 13.3. The molecular weight excluding hydrogens is 326 g/mol. The maximum Gasteiger partial charge on any atom is 0.256 e. The monoisotopic (exact) mass is 345 g/mol. The Morgan fingerprint density at radius 1 is 1.33 bits per heavy atom. The van der Waals surface area contributed by atoms with Gasteiger partial charge in [0, 0.05) is 25.0 Å². The second-order valence-corrected chi connectivity index (χ2v) is 6.25. The minimum Gasteiger partial charge on any atom is -0.394 e. The van der Waals surface area contributed by atoms with Gasteiger partial charge in [-0.1, -0.05) is 29.8 Å². The first-order valence-corrected chi connectivity index (χ1v) is 8.42. The SMILES string of the molecule is O=C(c1ccccc1NCc1ccc(Cl)nc1)N1CCC[C@@H]1CO. The van der Waals surface area contributed by atoms with E-state index >= 15 is 0 Å². The number of amides is 1. The fourth-order valence-electron chi connectivity index (χ4n) is 2.98.